The van der Waals surface area contributed by atoms with Crippen molar-refractivity contribution in [2.24, 2.45) is 0 Å². The molecule has 1 aromatic rings. The van der Waals surface area contributed by atoms with E-state index in [0.29, 0.717) is 44.3 Å². The van der Waals surface area contributed by atoms with E-state index in [-0.39, 0.29) is 11.9 Å². The molecule has 0 atom stereocenters. The fourth-order valence-electron chi connectivity index (χ4n) is 2.82. The van der Waals surface area contributed by atoms with Gasteiger partial charge >= 0.3 is 6.03 Å². The second-order valence-electron chi connectivity index (χ2n) is 5.82. The lowest BCUT2D eigenvalue weighted by atomic mass is 10.3. The maximum Gasteiger partial charge on any atom is 0.322 e. The summed E-state index contributed by atoms with van der Waals surface area (Å²) in [6, 6.07) is 3.32. The maximum atomic E-state index is 12.4. The van der Waals surface area contributed by atoms with Gasteiger partial charge in [-0.2, -0.15) is 0 Å². The number of hydrogen-bond donors (Lipinski definition) is 1. The van der Waals surface area contributed by atoms with Gasteiger partial charge in [0, 0.05) is 45.5 Å². The molecule has 0 bridgehead atoms. The van der Waals surface area contributed by atoms with Crippen molar-refractivity contribution < 1.29 is 14.3 Å². The lowest BCUT2D eigenvalue weighted by Crippen LogP contribution is -2.52. The predicted octanol–water partition coefficient (Wildman–Crippen LogP) is 1.11. The van der Waals surface area contributed by atoms with Gasteiger partial charge in [0.05, 0.1) is 13.7 Å². The number of anilines is 1. The molecule has 2 heterocycles. The molecule has 1 saturated heterocycles. The summed E-state index contributed by atoms with van der Waals surface area (Å²) >= 11 is 0. The monoisotopic (exact) mass is 349 g/mol. The first-order valence-electron chi connectivity index (χ1n) is 8.64. The van der Waals surface area contributed by atoms with Gasteiger partial charge in [0.1, 0.15) is 5.69 Å². The number of pyridine rings is 1. The number of piperazine rings is 1. The first-order chi connectivity index (χ1) is 12.1. The molecule has 1 fully saturated rings. The number of nitrogens with one attached hydrogen (secondary N) is 1. The highest BCUT2D eigenvalue weighted by Gasteiger charge is 2.24. The summed E-state index contributed by atoms with van der Waals surface area (Å²) in [7, 11) is 1.52. The van der Waals surface area contributed by atoms with E-state index in [4.69, 9.17) is 4.74 Å². The number of carbonyl (C=O) groups is 2. The zero-order valence-corrected chi connectivity index (χ0v) is 15.2. The van der Waals surface area contributed by atoms with Gasteiger partial charge in [0.15, 0.2) is 0 Å². The number of rotatable bonds is 6. The first-order valence-corrected chi connectivity index (χ1v) is 8.64. The molecule has 2 rings (SSSR count). The average molecular weight is 349 g/mol. The van der Waals surface area contributed by atoms with Gasteiger partial charge < -0.3 is 19.9 Å². The largest absolute Gasteiger partial charge is 0.480 e. The van der Waals surface area contributed by atoms with Gasteiger partial charge in [-0.15, -0.1) is 0 Å². The van der Waals surface area contributed by atoms with Crippen molar-refractivity contribution in [3.05, 3.63) is 18.3 Å². The van der Waals surface area contributed by atoms with Crippen LogP contribution in [0.2, 0.25) is 0 Å². The Morgan fingerprint density at radius 3 is 2.52 bits per heavy atom. The van der Waals surface area contributed by atoms with Gasteiger partial charge in [-0.3, -0.25) is 9.69 Å². The first kappa shape index (κ1) is 19.0. The van der Waals surface area contributed by atoms with Crippen molar-refractivity contribution in [1.29, 1.82) is 0 Å². The van der Waals surface area contributed by atoms with Crippen LogP contribution in [0.1, 0.15) is 13.8 Å². The van der Waals surface area contributed by atoms with Crippen LogP contribution in [-0.2, 0) is 4.79 Å². The van der Waals surface area contributed by atoms with Gasteiger partial charge in [-0.25, -0.2) is 9.78 Å². The quantitative estimate of drug-likeness (QED) is 0.832. The second kappa shape index (κ2) is 9.22. The Kier molecular flexibility index (Phi) is 7.00. The van der Waals surface area contributed by atoms with Crippen molar-refractivity contribution in [2.75, 3.05) is 58.2 Å². The number of ether oxygens (including phenoxy) is 1. The molecule has 8 nitrogen and oxygen atoms in total. The number of urea groups is 1. The normalized spacial score (nSPS) is 14.9. The number of methoxy groups -OCH3 is 1. The van der Waals surface area contributed by atoms with Crippen LogP contribution < -0.4 is 10.1 Å². The van der Waals surface area contributed by atoms with Crippen molar-refractivity contribution in [1.82, 2.24) is 19.7 Å². The maximum absolute atomic E-state index is 12.4. The van der Waals surface area contributed by atoms with E-state index >= 15 is 0 Å². The van der Waals surface area contributed by atoms with E-state index in [1.165, 1.54) is 7.11 Å². The fraction of sp³-hybridized carbons (Fsp3) is 0.588. The van der Waals surface area contributed by atoms with Gasteiger partial charge in [0.2, 0.25) is 11.8 Å². The van der Waals surface area contributed by atoms with Crippen LogP contribution in [0, 0.1) is 0 Å². The molecule has 1 aromatic heterocycles. The Balaban J connectivity index is 1.83. The number of likely N-dealkylation sites (N-methyl/N-ethyl adjacent to an activating group) is 1. The van der Waals surface area contributed by atoms with Crippen LogP contribution in [0.15, 0.2) is 18.3 Å². The minimum atomic E-state index is -0.180. The highest BCUT2D eigenvalue weighted by molar-refractivity contribution is 5.90. The Labute approximate surface area is 148 Å². The molecule has 8 heteroatoms. The van der Waals surface area contributed by atoms with Crippen LogP contribution in [0.5, 0.6) is 5.88 Å². The minimum Gasteiger partial charge on any atom is -0.480 e. The SMILES string of the molecule is CCN(CC)C(=O)CN1CCN(C(=O)Nc2cccnc2OC)CC1. The number of aromatic nitrogens is 1. The molecule has 0 aliphatic carbocycles. The van der Waals surface area contributed by atoms with E-state index in [0.717, 1.165) is 13.1 Å². The molecule has 0 radical (unpaired) electrons. The molecule has 25 heavy (non-hydrogen) atoms. The van der Waals surface area contributed by atoms with E-state index in [1.54, 1.807) is 23.2 Å². The smallest absolute Gasteiger partial charge is 0.322 e. The lowest BCUT2D eigenvalue weighted by Gasteiger charge is -2.35. The van der Waals surface area contributed by atoms with Crippen molar-refractivity contribution in [3.8, 4) is 5.88 Å². The van der Waals surface area contributed by atoms with Crippen molar-refractivity contribution >= 4 is 17.6 Å². The molecule has 1 aliphatic rings. The molecular formula is C17H27N5O3. The summed E-state index contributed by atoms with van der Waals surface area (Å²) in [5.74, 6) is 0.530. The summed E-state index contributed by atoms with van der Waals surface area (Å²) in [5.41, 5.74) is 0.550. The Hall–Kier alpha value is -2.35. The van der Waals surface area contributed by atoms with Crippen LogP contribution in [0.3, 0.4) is 0 Å². The van der Waals surface area contributed by atoms with Gasteiger partial charge in [-0.1, -0.05) is 0 Å². The highest BCUT2D eigenvalue weighted by atomic mass is 16.5. The molecule has 0 spiro atoms. The molecule has 3 amide bonds. The third kappa shape index (κ3) is 5.06. The standard InChI is InChI=1S/C17H27N5O3/c1-4-21(5-2)15(23)13-20-9-11-22(12-10-20)17(24)19-14-7-6-8-18-16(14)25-3/h6-8H,4-5,9-13H2,1-3H3,(H,19,24). The average Bonchev–Trinajstić information content (AvgIpc) is 2.63. The van der Waals surface area contributed by atoms with Gasteiger partial charge in [-0.05, 0) is 26.0 Å². The van der Waals surface area contributed by atoms with Crippen LogP contribution >= 0.6 is 0 Å². The molecule has 0 unspecified atom stereocenters. The summed E-state index contributed by atoms with van der Waals surface area (Å²) in [6.45, 7) is 8.37. The molecule has 0 aromatic carbocycles. The highest BCUT2D eigenvalue weighted by Crippen LogP contribution is 2.20. The zero-order valence-electron chi connectivity index (χ0n) is 15.2. The van der Waals surface area contributed by atoms with Crippen molar-refractivity contribution in [2.45, 2.75) is 13.8 Å². The Bertz CT molecular complexity index is 583. The number of hydrogen-bond acceptors (Lipinski definition) is 5. The fourth-order valence-corrected chi connectivity index (χ4v) is 2.82. The minimum absolute atomic E-state index is 0.142. The van der Waals surface area contributed by atoms with Crippen LogP contribution in [0.25, 0.3) is 0 Å². The second-order valence-corrected chi connectivity index (χ2v) is 5.82. The zero-order chi connectivity index (χ0) is 18.2. The third-order valence-corrected chi connectivity index (χ3v) is 4.34. The molecule has 1 aliphatic heterocycles. The third-order valence-electron chi connectivity index (χ3n) is 4.34. The predicted molar refractivity (Wildman–Crippen MR) is 95.7 cm³/mol. The Morgan fingerprint density at radius 1 is 1.24 bits per heavy atom. The van der Waals surface area contributed by atoms with E-state index in [2.05, 4.69) is 15.2 Å². The number of amides is 3. The van der Waals surface area contributed by atoms with Crippen molar-refractivity contribution in [3.63, 3.8) is 0 Å². The molecule has 0 saturated carbocycles. The summed E-state index contributed by atoms with van der Waals surface area (Å²) in [5, 5.41) is 2.83. The van der Waals surface area contributed by atoms with E-state index < -0.39 is 0 Å². The summed E-state index contributed by atoms with van der Waals surface area (Å²) < 4.78 is 5.14. The summed E-state index contributed by atoms with van der Waals surface area (Å²) in [4.78, 5) is 34.3. The number of nitrogens with zero attached hydrogens (tertiary/aromatic N) is 4. The van der Waals surface area contributed by atoms with E-state index in [9.17, 15) is 9.59 Å². The molecular weight excluding hydrogens is 322 g/mol. The van der Waals surface area contributed by atoms with Gasteiger partial charge in [0.25, 0.3) is 0 Å². The number of carbonyl (C=O) groups excluding carboxylic acids is 2. The van der Waals surface area contributed by atoms with Crippen LogP contribution in [0.4, 0.5) is 10.5 Å². The lowest BCUT2D eigenvalue weighted by molar-refractivity contribution is -0.132. The molecule has 1 N–H and O–H groups in total. The Morgan fingerprint density at radius 2 is 1.92 bits per heavy atom. The van der Waals surface area contributed by atoms with E-state index in [1.807, 2.05) is 18.7 Å². The van der Waals surface area contributed by atoms with Crippen LogP contribution in [-0.4, -0.2) is 84.5 Å². The summed E-state index contributed by atoms with van der Waals surface area (Å²) in [6.07, 6.45) is 1.61. The topological polar surface area (TPSA) is 78.0 Å². The molecule has 138 valence electrons.